The van der Waals surface area contributed by atoms with E-state index in [2.05, 4.69) is 0 Å². The van der Waals surface area contributed by atoms with E-state index in [-0.39, 0.29) is 23.5 Å². The number of carboxylic acid groups (broad SMARTS) is 1. The number of benzene rings is 1. The molecule has 20 heavy (non-hydrogen) atoms. The second-order valence-corrected chi connectivity index (χ2v) is 4.85. The summed E-state index contributed by atoms with van der Waals surface area (Å²) >= 11 is 0. The lowest BCUT2D eigenvalue weighted by molar-refractivity contribution is -0.137. The van der Waals surface area contributed by atoms with Gasteiger partial charge < -0.3 is 19.3 Å². The molecule has 0 saturated heterocycles. The maximum atomic E-state index is 14.6. The summed E-state index contributed by atoms with van der Waals surface area (Å²) in [6, 6.07) is 1.40. The van der Waals surface area contributed by atoms with Gasteiger partial charge in [0.15, 0.2) is 23.1 Å². The van der Waals surface area contributed by atoms with E-state index in [9.17, 15) is 9.18 Å². The molecule has 1 saturated carbocycles. The summed E-state index contributed by atoms with van der Waals surface area (Å²) in [5, 5.41) is 9.03. The number of rotatable bonds is 6. The van der Waals surface area contributed by atoms with Gasteiger partial charge in [0, 0.05) is 17.0 Å². The van der Waals surface area contributed by atoms with Crippen LogP contribution in [-0.4, -0.2) is 32.4 Å². The molecule has 5 nitrogen and oxygen atoms in total. The molecule has 0 aromatic heterocycles. The fraction of sp³-hybridized carbons (Fsp3) is 0.500. The third kappa shape index (κ3) is 2.26. The van der Waals surface area contributed by atoms with Gasteiger partial charge >= 0.3 is 5.97 Å². The van der Waals surface area contributed by atoms with E-state index in [0.717, 1.165) is 0 Å². The minimum atomic E-state index is -0.967. The van der Waals surface area contributed by atoms with Gasteiger partial charge in [0.25, 0.3) is 0 Å². The Morgan fingerprint density at radius 3 is 2.25 bits per heavy atom. The van der Waals surface area contributed by atoms with Crippen molar-refractivity contribution in [3.05, 3.63) is 17.4 Å². The highest BCUT2D eigenvalue weighted by molar-refractivity contribution is 5.71. The second kappa shape index (κ2) is 5.19. The molecular weight excluding hydrogens is 267 g/mol. The van der Waals surface area contributed by atoms with Gasteiger partial charge in [0.1, 0.15) is 0 Å². The maximum absolute atomic E-state index is 14.6. The predicted octanol–water partition coefficient (Wildman–Crippen LogP) is 2.36. The molecule has 0 heterocycles. The zero-order valence-electron chi connectivity index (χ0n) is 11.7. The third-order valence-corrected chi connectivity index (χ3v) is 3.67. The Morgan fingerprint density at radius 1 is 1.25 bits per heavy atom. The molecule has 1 aliphatic rings. The van der Waals surface area contributed by atoms with Gasteiger partial charge in [-0.05, 0) is 12.8 Å². The largest absolute Gasteiger partial charge is 0.494 e. The van der Waals surface area contributed by atoms with E-state index in [1.54, 1.807) is 0 Å². The first-order valence-electron chi connectivity index (χ1n) is 6.20. The van der Waals surface area contributed by atoms with E-state index in [0.29, 0.717) is 18.6 Å². The summed E-state index contributed by atoms with van der Waals surface area (Å²) < 4.78 is 30.0. The fourth-order valence-electron chi connectivity index (χ4n) is 2.53. The highest BCUT2D eigenvalue weighted by Crippen LogP contribution is 2.57. The minimum absolute atomic E-state index is 0.0225. The molecule has 0 atom stereocenters. The molecule has 1 aromatic carbocycles. The van der Waals surface area contributed by atoms with Crippen LogP contribution in [0.1, 0.15) is 24.8 Å². The molecule has 0 spiro atoms. The van der Waals surface area contributed by atoms with E-state index in [4.69, 9.17) is 19.3 Å². The quantitative estimate of drug-likeness (QED) is 0.868. The van der Waals surface area contributed by atoms with Crippen molar-refractivity contribution in [3.63, 3.8) is 0 Å². The van der Waals surface area contributed by atoms with E-state index < -0.39 is 17.2 Å². The number of hydrogen-bond donors (Lipinski definition) is 1. The van der Waals surface area contributed by atoms with Crippen molar-refractivity contribution in [1.29, 1.82) is 0 Å². The lowest BCUT2D eigenvalue weighted by Gasteiger charge is -2.21. The van der Waals surface area contributed by atoms with Crippen molar-refractivity contribution in [2.75, 3.05) is 21.3 Å². The number of hydrogen-bond acceptors (Lipinski definition) is 4. The molecule has 0 bridgehead atoms. The van der Waals surface area contributed by atoms with Crippen LogP contribution in [0.5, 0.6) is 17.2 Å². The predicted molar refractivity (Wildman–Crippen MR) is 69.2 cm³/mol. The molecule has 1 fully saturated rings. The number of carboxylic acids is 1. The third-order valence-electron chi connectivity index (χ3n) is 3.67. The van der Waals surface area contributed by atoms with Crippen LogP contribution in [0.2, 0.25) is 0 Å². The van der Waals surface area contributed by atoms with E-state index >= 15 is 0 Å². The molecular formula is C14H17FO5. The molecule has 1 N–H and O–H groups in total. The Labute approximate surface area is 116 Å². The molecule has 110 valence electrons. The number of aliphatic carboxylic acids is 1. The van der Waals surface area contributed by atoms with Crippen LogP contribution < -0.4 is 14.2 Å². The van der Waals surface area contributed by atoms with E-state index in [1.807, 2.05) is 0 Å². The van der Waals surface area contributed by atoms with Crippen molar-refractivity contribution in [2.45, 2.75) is 24.7 Å². The fourth-order valence-corrected chi connectivity index (χ4v) is 2.53. The van der Waals surface area contributed by atoms with Crippen molar-refractivity contribution in [3.8, 4) is 17.2 Å². The summed E-state index contributed by atoms with van der Waals surface area (Å²) in [5.41, 5.74) is -0.498. The van der Waals surface area contributed by atoms with Gasteiger partial charge in [-0.25, -0.2) is 4.39 Å². The second-order valence-electron chi connectivity index (χ2n) is 4.85. The molecule has 0 radical (unpaired) electrons. The molecule has 6 heteroatoms. The number of carbonyl (C=O) groups is 1. The van der Waals surface area contributed by atoms with Gasteiger partial charge in [-0.3, -0.25) is 4.79 Å². The summed E-state index contributed by atoms with van der Waals surface area (Å²) in [6.45, 7) is 0. The zero-order valence-corrected chi connectivity index (χ0v) is 11.7. The lowest BCUT2D eigenvalue weighted by atomic mass is 9.90. The summed E-state index contributed by atoms with van der Waals surface area (Å²) in [7, 11) is 4.20. The Bertz CT molecular complexity index is 537. The van der Waals surface area contributed by atoms with Crippen molar-refractivity contribution < 1.29 is 28.5 Å². The molecule has 0 unspecified atom stereocenters. The average Bonchev–Trinajstić information content (AvgIpc) is 3.17. The van der Waals surface area contributed by atoms with Gasteiger partial charge in [-0.2, -0.15) is 0 Å². The minimum Gasteiger partial charge on any atom is -0.494 e. The molecule has 1 aromatic rings. The highest BCUT2D eigenvalue weighted by atomic mass is 19.1. The Balaban J connectivity index is 2.63. The van der Waals surface area contributed by atoms with Gasteiger partial charge in [0.2, 0.25) is 0 Å². The first-order valence-corrected chi connectivity index (χ1v) is 6.20. The molecule has 0 amide bonds. The lowest BCUT2D eigenvalue weighted by Crippen LogP contribution is -2.17. The first kappa shape index (κ1) is 14.4. The highest BCUT2D eigenvalue weighted by Gasteiger charge is 2.51. The smallest absolute Gasteiger partial charge is 0.304 e. The average molecular weight is 284 g/mol. The topological polar surface area (TPSA) is 65.0 Å². The van der Waals surface area contributed by atoms with Crippen LogP contribution in [0.15, 0.2) is 6.07 Å². The first-order chi connectivity index (χ1) is 9.49. The van der Waals surface area contributed by atoms with Crippen LogP contribution in [0, 0.1) is 5.82 Å². The number of halogens is 1. The summed E-state index contributed by atoms with van der Waals surface area (Å²) in [4.78, 5) is 11.0. The van der Waals surface area contributed by atoms with Gasteiger partial charge in [-0.1, -0.05) is 0 Å². The Hall–Kier alpha value is -1.98. The van der Waals surface area contributed by atoms with Gasteiger partial charge in [0.05, 0.1) is 27.8 Å². The van der Waals surface area contributed by atoms with Crippen LogP contribution in [-0.2, 0) is 10.2 Å². The molecule has 0 aliphatic heterocycles. The zero-order chi connectivity index (χ0) is 14.9. The monoisotopic (exact) mass is 284 g/mol. The Morgan fingerprint density at radius 2 is 1.85 bits per heavy atom. The summed E-state index contributed by atoms with van der Waals surface area (Å²) in [6.07, 6.45) is 1.06. The van der Waals surface area contributed by atoms with Crippen molar-refractivity contribution in [1.82, 2.24) is 0 Å². The van der Waals surface area contributed by atoms with Crippen LogP contribution in [0.3, 0.4) is 0 Å². The maximum Gasteiger partial charge on any atom is 0.304 e. The van der Waals surface area contributed by atoms with Crippen LogP contribution in [0.4, 0.5) is 4.39 Å². The van der Waals surface area contributed by atoms with Gasteiger partial charge in [-0.15, -0.1) is 0 Å². The van der Waals surface area contributed by atoms with Crippen molar-refractivity contribution in [2.24, 2.45) is 0 Å². The SMILES string of the molecule is COc1cc(OC)c(OC)c(C2(CC(=O)O)CC2)c1F. The van der Waals surface area contributed by atoms with E-state index in [1.165, 1.54) is 27.4 Å². The standard InChI is InChI=1S/C14H17FO5/c1-18-8-6-9(19-2)13(20-3)11(12(8)15)14(4-5-14)7-10(16)17/h6H,4-5,7H2,1-3H3,(H,16,17). The molecule has 2 rings (SSSR count). The van der Waals surface area contributed by atoms with Crippen molar-refractivity contribution >= 4 is 5.97 Å². The molecule has 1 aliphatic carbocycles. The number of methoxy groups -OCH3 is 3. The van der Waals surface area contributed by atoms with Crippen LogP contribution in [0.25, 0.3) is 0 Å². The number of ether oxygens (including phenoxy) is 3. The normalized spacial score (nSPS) is 15.6. The summed E-state index contributed by atoms with van der Waals surface area (Å²) in [5.74, 6) is -0.953. The van der Waals surface area contributed by atoms with Crippen LogP contribution >= 0.6 is 0 Å². The Kier molecular flexibility index (Phi) is 3.74.